The Labute approximate surface area is 203 Å². The average molecular weight is 503 g/mol. The molecule has 0 fully saturated rings. The Kier molecular flexibility index (Phi) is 8.61. The number of nitrogens with one attached hydrogen (secondary N) is 2. The second kappa shape index (κ2) is 11.8. The van der Waals surface area contributed by atoms with Crippen LogP contribution in [0.5, 0.6) is 11.5 Å². The molecular formula is C25H21F4N3O4. The Morgan fingerprint density at radius 2 is 1.69 bits per heavy atom. The molecule has 7 nitrogen and oxygen atoms in total. The topological polar surface area (TPSA) is 89.0 Å². The van der Waals surface area contributed by atoms with Gasteiger partial charge < -0.3 is 14.8 Å². The van der Waals surface area contributed by atoms with Gasteiger partial charge in [-0.15, -0.1) is 0 Å². The van der Waals surface area contributed by atoms with Crippen molar-refractivity contribution in [3.8, 4) is 11.5 Å². The van der Waals surface area contributed by atoms with E-state index in [2.05, 4.69) is 10.4 Å². The van der Waals surface area contributed by atoms with E-state index in [-0.39, 0.29) is 18.1 Å². The predicted molar refractivity (Wildman–Crippen MR) is 124 cm³/mol. The summed E-state index contributed by atoms with van der Waals surface area (Å²) in [6, 6.07) is 14.6. The van der Waals surface area contributed by atoms with E-state index in [1.165, 1.54) is 24.4 Å². The van der Waals surface area contributed by atoms with Crippen LogP contribution in [0, 0.1) is 5.82 Å². The maximum Gasteiger partial charge on any atom is 0.416 e. The van der Waals surface area contributed by atoms with Crippen LogP contribution < -0.4 is 20.2 Å². The molecule has 0 saturated carbocycles. The number of anilines is 1. The minimum absolute atomic E-state index is 0.185. The summed E-state index contributed by atoms with van der Waals surface area (Å²) in [6.45, 7) is 2.32. The zero-order valence-electron chi connectivity index (χ0n) is 18.9. The second-order valence-electron chi connectivity index (χ2n) is 7.29. The number of alkyl halides is 3. The zero-order valence-corrected chi connectivity index (χ0v) is 18.9. The first-order valence-corrected chi connectivity index (χ1v) is 10.6. The Morgan fingerprint density at radius 1 is 0.944 bits per heavy atom. The third-order valence-corrected chi connectivity index (χ3v) is 4.61. The van der Waals surface area contributed by atoms with Crippen molar-refractivity contribution in [2.45, 2.75) is 19.7 Å². The van der Waals surface area contributed by atoms with Gasteiger partial charge in [0.05, 0.1) is 18.4 Å². The van der Waals surface area contributed by atoms with E-state index in [1.807, 2.05) is 5.43 Å². The summed E-state index contributed by atoms with van der Waals surface area (Å²) in [6.07, 6.45) is -3.34. The van der Waals surface area contributed by atoms with E-state index in [9.17, 15) is 27.2 Å². The molecule has 3 aromatic carbocycles. The van der Waals surface area contributed by atoms with E-state index in [0.29, 0.717) is 29.7 Å². The fourth-order valence-electron chi connectivity index (χ4n) is 2.91. The summed E-state index contributed by atoms with van der Waals surface area (Å²) in [5.74, 6) is -1.88. The third kappa shape index (κ3) is 7.55. The van der Waals surface area contributed by atoms with Gasteiger partial charge in [-0.1, -0.05) is 18.2 Å². The van der Waals surface area contributed by atoms with Gasteiger partial charge in [-0.3, -0.25) is 9.59 Å². The summed E-state index contributed by atoms with van der Waals surface area (Å²) in [5, 5.41) is 5.78. The molecule has 2 amide bonds. The first-order chi connectivity index (χ1) is 17.2. The minimum atomic E-state index is -4.59. The highest BCUT2D eigenvalue weighted by Crippen LogP contribution is 2.31. The summed E-state index contributed by atoms with van der Waals surface area (Å²) in [7, 11) is 0. The van der Waals surface area contributed by atoms with E-state index in [4.69, 9.17) is 9.47 Å². The number of hydrogen-bond acceptors (Lipinski definition) is 5. The number of nitrogens with zero attached hydrogens (tertiary/aromatic N) is 1. The molecule has 3 rings (SSSR count). The first kappa shape index (κ1) is 26.2. The van der Waals surface area contributed by atoms with Gasteiger partial charge in [-0.2, -0.15) is 18.3 Å². The number of carbonyl (C=O) groups is 2. The lowest BCUT2D eigenvalue weighted by atomic mass is 10.2. The molecule has 36 heavy (non-hydrogen) atoms. The summed E-state index contributed by atoms with van der Waals surface area (Å²) >= 11 is 0. The number of carbonyl (C=O) groups excluding carboxylic acids is 2. The molecule has 0 bridgehead atoms. The standard InChI is InChI=1S/C25H21F4N3O4/c1-2-35-22-12-17(8-11-21(22)36-15-16-6-9-19(26)10-7-16)14-30-32-24(34)23(33)31-20-5-3-4-18(13-20)25(27,28)29/h3-14H,2,15H2,1H3,(H,31,33)(H,32,34)/b30-14-. The van der Waals surface area contributed by atoms with Crippen LogP contribution >= 0.6 is 0 Å². The number of amides is 2. The van der Waals surface area contributed by atoms with E-state index >= 15 is 0 Å². The predicted octanol–water partition coefficient (Wildman–Crippen LogP) is 4.91. The molecule has 0 heterocycles. The van der Waals surface area contributed by atoms with Crippen molar-refractivity contribution in [3.05, 3.63) is 89.2 Å². The smallest absolute Gasteiger partial charge is 0.416 e. The van der Waals surface area contributed by atoms with Gasteiger partial charge in [-0.25, -0.2) is 9.82 Å². The van der Waals surface area contributed by atoms with E-state index < -0.39 is 23.6 Å². The van der Waals surface area contributed by atoms with Crippen molar-refractivity contribution in [2.75, 3.05) is 11.9 Å². The van der Waals surface area contributed by atoms with Crippen LogP contribution in [-0.2, 0) is 22.4 Å². The van der Waals surface area contributed by atoms with Crippen molar-refractivity contribution >= 4 is 23.7 Å². The molecule has 0 radical (unpaired) electrons. The maximum atomic E-state index is 13.0. The number of benzene rings is 3. The van der Waals surface area contributed by atoms with Crippen LogP contribution in [0.3, 0.4) is 0 Å². The molecule has 0 saturated heterocycles. The molecule has 0 spiro atoms. The SMILES string of the molecule is CCOc1cc(/C=N\NC(=O)C(=O)Nc2cccc(C(F)(F)F)c2)ccc1OCc1ccc(F)cc1. The van der Waals surface area contributed by atoms with Crippen molar-refractivity contribution in [3.63, 3.8) is 0 Å². The van der Waals surface area contributed by atoms with Crippen LogP contribution in [-0.4, -0.2) is 24.6 Å². The minimum Gasteiger partial charge on any atom is -0.490 e. The molecule has 0 aliphatic rings. The van der Waals surface area contributed by atoms with Crippen molar-refractivity contribution in [1.82, 2.24) is 5.43 Å². The largest absolute Gasteiger partial charge is 0.490 e. The highest BCUT2D eigenvalue weighted by molar-refractivity contribution is 6.39. The molecule has 0 atom stereocenters. The highest BCUT2D eigenvalue weighted by atomic mass is 19.4. The zero-order chi connectivity index (χ0) is 26.1. The highest BCUT2D eigenvalue weighted by Gasteiger charge is 2.30. The first-order valence-electron chi connectivity index (χ1n) is 10.6. The van der Waals surface area contributed by atoms with Gasteiger partial charge >= 0.3 is 18.0 Å². The maximum absolute atomic E-state index is 13.0. The average Bonchev–Trinajstić information content (AvgIpc) is 2.84. The monoisotopic (exact) mass is 503 g/mol. The van der Waals surface area contributed by atoms with Crippen LogP contribution in [0.4, 0.5) is 23.2 Å². The van der Waals surface area contributed by atoms with Crippen LogP contribution in [0.2, 0.25) is 0 Å². The van der Waals surface area contributed by atoms with Gasteiger partial charge in [0.1, 0.15) is 12.4 Å². The number of hydrazone groups is 1. The second-order valence-corrected chi connectivity index (χ2v) is 7.29. The molecular weight excluding hydrogens is 482 g/mol. The van der Waals surface area contributed by atoms with Gasteiger partial charge in [0.15, 0.2) is 11.5 Å². The molecule has 0 aromatic heterocycles. The quantitative estimate of drug-likeness (QED) is 0.198. The van der Waals surface area contributed by atoms with Gasteiger partial charge in [0.2, 0.25) is 0 Å². The molecule has 188 valence electrons. The Morgan fingerprint density at radius 3 is 2.39 bits per heavy atom. The lowest BCUT2D eigenvalue weighted by Gasteiger charge is -2.12. The summed E-state index contributed by atoms with van der Waals surface area (Å²) in [4.78, 5) is 23.9. The fraction of sp³-hybridized carbons (Fsp3) is 0.160. The van der Waals surface area contributed by atoms with Crippen molar-refractivity contribution in [1.29, 1.82) is 0 Å². The summed E-state index contributed by atoms with van der Waals surface area (Å²) in [5.41, 5.74) is 2.12. The Balaban J connectivity index is 1.59. The Hall–Kier alpha value is -4.41. The van der Waals surface area contributed by atoms with Gasteiger partial charge in [-0.05, 0) is 66.6 Å². The van der Waals surface area contributed by atoms with Crippen LogP contribution in [0.25, 0.3) is 0 Å². The molecule has 0 aliphatic heterocycles. The molecule has 2 N–H and O–H groups in total. The molecule has 3 aromatic rings. The van der Waals surface area contributed by atoms with Crippen molar-refractivity contribution < 1.29 is 36.6 Å². The molecule has 11 heteroatoms. The normalized spacial score (nSPS) is 11.2. The van der Waals surface area contributed by atoms with Gasteiger partial charge in [0, 0.05) is 5.69 Å². The van der Waals surface area contributed by atoms with Crippen LogP contribution in [0.15, 0.2) is 71.8 Å². The van der Waals surface area contributed by atoms with Crippen LogP contribution in [0.1, 0.15) is 23.6 Å². The summed E-state index contributed by atoms with van der Waals surface area (Å²) < 4.78 is 62.7. The van der Waals surface area contributed by atoms with E-state index in [1.54, 1.807) is 37.3 Å². The van der Waals surface area contributed by atoms with E-state index in [0.717, 1.165) is 17.7 Å². The molecule has 0 unspecified atom stereocenters. The fourth-order valence-corrected chi connectivity index (χ4v) is 2.91. The van der Waals surface area contributed by atoms with Gasteiger partial charge in [0.25, 0.3) is 0 Å². The third-order valence-electron chi connectivity index (χ3n) is 4.61. The Bertz CT molecular complexity index is 1240. The number of halogens is 4. The number of hydrogen-bond donors (Lipinski definition) is 2. The lowest BCUT2D eigenvalue weighted by molar-refractivity contribution is -0.137. The van der Waals surface area contributed by atoms with Crippen molar-refractivity contribution in [2.24, 2.45) is 5.10 Å². The number of ether oxygens (including phenoxy) is 2. The number of rotatable bonds is 8. The lowest BCUT2D eigenvalue weighted by Crippen LogP contribution is -2.32. The molecule has 0 aliphatic carbocycles.